The van der Waals surface area contributed by atoms with Crippen molar-refractivity contribution >= 4 is 23.1 Å². The largest absolute Gasteiger partial charge is 0.507 e. The van der Waals surface area contributed by atoms with Gasteiger partial charge in [0.1, 0.15) is 11.5 Å². The van der Waals surface area contributed by atoms with E-state index in [1.165, 1.54) is 4.90 Å². The standard InChI is InChI=1S/C28H28N2O4/c1-16(2)34-23-11-10-20(14-19(23)5)26(31)24-25(21-7-6-12-29-15-21)30(28(33)27(24)32)22-13-17(3)8-9-18(22)4/h6-16,25,31H,1-5H3/b26-24-. The average Bonchev–Trinajstić information content (AvgIpc) is 3.07. The topological polar surface area (TPSA) is 79.7 Å². The third-order valence-electron chi connectivity index (χ3n) is 5.88. The summed E-state index contributed by atoms with van der Waals surface area (Å²) in [5.41, 5.74) is 4.39. The maximum absolute atomic E-state index is 13.3. The second kappa shape index (κ2) is 9.14. The molecule has 1 aliphatic heterocycles. The minimum Gasteiger partial charge on any atom is -0.507 e. The molecule has 0 spiro atoms. The molecule has 0 saturated carbocycles. The summed E-state index contributed by atoms with van der Waals surface area (Å²) >= 11 is 0. The monoisotopic (exact) mass is 456 g/mol. The maximum atomic E-state index is 13.3. The number of hydrogen-bond donors (Lipinski definition) is 1. The number of aryl methyl sites for hydroxylation is 3. The van der Waals surface area contributed by atoms with E-state index in [9.17, 15) is 14.7 Å². The number of ether oxygens (including phenoxy) is 1. The van der Waals surface area contributed by atoms with Gasteiger partial charge >= 0.3 is 0 Å². The van der Waals surface area contributed by atoms with Crippen molar-refractivity contribution in [2.45, 2.75) is 46.8 Å². The van der Waals surface area contributed by atoms with Crippen molar-refractivity contribution in [3.8, 4) is 5.75 Å². The number of anilines is 1. The molecule has 1 aliphatic rings. The summed E-state index contributed by atoms with van der Waals surface area (Å²) in [6, 6.07) is 13.7. The number of hydrogen-bond acceptors (Lipinski definition) is 5. The first kappa shape index (κ1) is 23.2. The zero-order chi connectivity index (χ0) is 24.6. The van der Waals surface area contributed by atoms with Gasteiger partial charge in [-0.25, -0.2) is 0 Å². The first-order valence-electron chi connectivity index (χ1n) is 11.2. The molecule has 1 unspecified atom stereocenters. The second-order valence-corrected chi connectivity index (χ2v) is 8.89. The van der Waals surface area contributed by atoms with E-state index in [4.69, 9.17) is 4.74 Å². The highest BCUT2D eigenvalue weighted by Crippen LogP contribution is 2.43. The molecule has 2 aromatic carbocycles. The molecular formula is C28H28N2O4. The van der Waals surface area contributed by atoms with Crippen LogP contribution in [0.5, 0.6) is 5.75 Å². The lowest BCUT2D eigenvalue weighted by Gasteiger charge is -2.27. The van der Waals surface area contributed by atoms with Crippen LogP contribution >= 0.6 is 0 Å². The Labute approximate surface area is 199 Å². The number of rotatable bonds is 5. The molecule has 0 aliphatic carbocycles. The molecule has 1 amide bonds. The van der Waals surface area contributed by atoms with Gasteiger partial charge in [-0.2, -0.15) is 0 Å². The first-order chi connectivity index (χ1) is 16.2. The SMILES string of the molecule is Cc1ccc(C)c(N2C(=O)C(=O)/C(=C(\O)c3ccc(OC(C)C)c(C)c3)C2c2cccnc2)c1. The van der Waals surface area contributed by atoms with Crippen LogP contribution in [0.2, 0.25) is 0 Å². The van der Waals surface area contributed by atoms with Gasteiger partial charge in [0.25, 0.3) is 11.7 Å². The molecule has 34 heavy (non-hydrogen) atoms. The van der Waals surface area contributed by atoms with Gasteiger partial charge in [-0.1, -0.05) is 18.2 Å². The fraction of sp³-hybridized carbons (Fsp3) is 0.250. The molecule has 1 atom stereocenters. The van der Waals surface area contributed by atoms with Crippen LogP contribution in [0.4, 0.5) is 5.69 Å². The Morgan fingerprint density at radius 2 is 1.79 bits per heavy atom. The van der Waals surface area contributed by atoms with Gasteiger partial charge in [0.05, 0.1) is 17.7 Å². The van der Waals surface area contributed by atoms with Gasteiger partial charge in [-0.3, -0.25) is 19.5 Å². The van der Waals surface area contributed by atoms with Gasteiger partial charge < -0.3 is 9.84 Å². The smallest absolute Gasteiger partial charge is 0.300 e. The molecule has 6 nitrogen and oxygen atoms in total. The van der Waals surface area contributed by atoms with Crippen molar-refractivity contribution in [3.63, 3.8) is 0 Å². The predicted octanol–water partition coefficient (Wildman–Crippen LogP) is 5.42. The Kier molecular flexibility index (Phi) is 6.24. The Bertz CT molecular complexity index is 1300. The highest BCUT2D eigenvalue weighted by Gasteiger charge is 2.47. The van der Waals surface area contributed by atoms with Gasteiger partial charge in [0, 0.05) is 23.6 Å². The maximum Gasteiger partial charge on any atom is 0.300 e. The molecule has 174 valence electrons. The molecule has 1 saturated heterocycles. The summed E-state index contributed by atoms with van der Waals surface area (Å²) in [5.74, 6) is -0.932. The van der Waals surface area contributed by atoms with E-state index in [1.807, 2.05) is 52.8 Å². The molecule has 1 aromatic heterocycles. The second-order valence-electron chi connectivity index (χ2n) is 8.89. The lowest BCUT2D eigenvalue weighted by atomic mass is 9.95. The Hall–Kier alpha value is -3.93. The van der Waals surface area contributed by atoms with Crippen LogP contribution in [0.3, 0.4) is 0 Å². The van der Waals surface area contributed by atoms with E-state index in [0.717, 1.165) is 16.7 Å². The summed E-state index contributed by atoms with van der Waals surface area (Å²) < 4.78 is 5.80. The number of ketones is 1. The molecule has 1 N–H and O–H groups in total. The number of amides is 1. The minimum absolute atomic E-state index is 0.00613. The third-order valence-corrected chi connectivity index (χ3v) is 5.88. The molecule has 1 fully saturated rings. The number of pyridine rings is 1. The summed E-state index contributed by atoms with van der Waals surface area (Å²) in [6.07, 6.45) is 3.25. The summed E-state index contributed by atoms with van der Waals surface area (Å²) in [7, 11) is 0. The molecule has 0 bridgehead atoms. The van der Waals surface area contributed by atoms with E-state index < -0.39 is 17.7 Å². The molecule has 4 rings (SSSR count). The zero-order valence-electron chi connectivity index (χ0n) is 20.0. The first-order valence-corrected chi connectivity index (χ1v) is 11.2. The predicted molar refractivity (Wildman–Crippen MR) is 132 cm³/mol. The number of benzene rings is 2. The van der Waals surface area contributed by atoms with Crippen LogP contribution in [-0.2, 0) is 9.59 Å². The molecule has 3 aromatic rings. The zero-order valence-corrected chi connectivity index (χ0v) is 20.0. The third kappa shape index (κ3) is 4.19. The van der Waals surface area contributed by atoms with Crippen LogP contribution < -0.4 is 9.64 Å². The number of carbonyl (C=O) groups excluding carboxylic acids is 2. The minimum atomic E-state index is -0.805. The average molecular weight is 457 g/mol. The van der Waals surface area contributed by atoms with E-state index >= 15 is 0 Å². The van der Waals surface area contributed by atoms with Crippen molar-refractivity contribution in [2.75, 3.05) is 4.90 Å². The van der Waals surface area contributed by atoms with Gasteiger partial charge in [-0.15, -0.1) is 0 Å². The quantitative estimate of drug-likeness (QED) is 0.315. The number of aliphatic hydroxyl groups excluding tert-OH is 1. The summed E-state index contributed by atoms with van der Waals surface area (Å²) in [6.45, 7) is 9.58. The van der Waals surface area contributed by atoms with Crippen LogP contribution in [0.1, 0.15) is 47.7 Å². The normalized spacial score (nSPS) is 17.5. The van der Waals surface area contributed by atoms with Crippen LogP contribution in [-0.4, -0.2) is 27.9 Å². The summed E-state index contributed by atoms with van der Waals surface area (Å²) in [4.78, 5) is 32.3. The Balaban J connectivity index is 1.91. The van der Waals surface area contributed by atoms with E-state index in [1.54, 1.807) is 42.7 Å². The highest BCUT2D eigenvalue weighted by molar-refractivity contribution is 6.51. The van der Waals surface area contributed by atoms with Crippen molar-refractivity contribution in [1.29, 1.82) is 0 Å². The Morgan fingerprint density at radius 3 is 2.44 bits per heavy atom. The van der Waals surface area contributed by atoms with Crippen LogP contribution in [0.15, 0.2) is 66.5 Å². The van der Waals surface area contributed by atoms with Gasteiger partial charge in [0.2, 0.25) is 0 Å². The molecule has 6 heteroatoms. The lowest BCUT2D eigenvalue weighted by Crippen LogP contribution is -2.30. The number of nitrogens with zero attached hydrogens (tertiary/aromatic N) is 2. The molecular weight excluding hydrogens is 428 g/mol. The number of Topliss-reactive ketones (excluding diaryl/α,β-unsaturated/α-hetero) is 1. The van der Waals surface area contributed by atoms with Crippen molar-refractivity contribution < 1.29 is 19.4 Å². The van der Waals surface area contributed by atoms with Crippen molar-refractivity contribution in [1.82, 2.24) is 4.98 Å². The number of aliphatic hydroxyl groups is 1. The number of carbonyl (C=O) groups is 2. The van der Waals surface area contributed by atoms with E-state index in [2.05, 4.69) is 4.98 Å². The Morgan fingerprint density at radius 1 is 1.03 bits per heavy atom. The fourth-order valence-corrected chi connectivity index (χ4v) is 4.25. The van der Waals surface area contributed by atoms with Gasteiger partial charge in [0.15, 0.2) is 0 Å². The molecule has 2 heterocycles. The fourth-order valence-electron chi connectivity index (χ4n) is 4.25. The highest BCUT2D eigenvalue weighted by atomic mass is 16.5. The number of aromatic nitrogens is 1. The van der Waals surface area contributed by atoms with Crippen LogP contribution in [0.25, 0.3) is 5.76 Å². The van der Waals surface area contributed by atoms with Gasteiger partial charge in [-0.05, 0) is 87.2 Å². The van der Waals surface area contributed by atoms with E-state index in [0.29, 0.717) is 22.6 Å². The van der Waals surface area contributed by atoms with E-state index in [-0.39, 0.29) is 17.4 Å². The summed E-state index contributed by atoms with van der Waals surface area (Å²) in [5, 5.41) is 11.3. The van der Waals surface area contributed by atoms with Crippen molar-refractivity contribution in [3.05, 3.63) is 94.3 Å². The molecule has 0 radical (unpaired) electrons. The van der Waals surface area contributed by atoms with Crippen LogP contribution in [0, 0.1) is 20.8 Å². The lowest BCUT2D eigenvalue weighted by molar-refractivity contribution is -0.132. The van der Waals surface area contributed by atoms with Crippen molar-refractivity contribution in [2.24, 2.45) is 0 Å².